The number of aryl methyl sites for hydroxylation is 2. The minimum Gasteiger partial charge on any atom is -0.0851 e. The number of hydrogen-bond acceptors (Lipinski definition) is 0. The van der Waals surface area contributed by atoms with Gasteiger partial charge < -0.3 is 0 Å². The van der Waals surface area contributed by atoms with Crippen LogP contribution in [-0.2, 0) is 6.42 Å². The molecule has 2 rings (SSSR count). The van der Waals surface area contributed by atoms with E-state index in [-0.39, 0.29) is 0 Å². The predicted octanol–water partition coefficient (Wildman–Crippen LogP) is 8.34. The quantitative estimate of drug-likeness (QED) is 0.323. The molecule has 0 heteroatoms. The Morgan fingerprint density at radius 1 is 0.786 bits per heavy atom. The summed E-state index contributed by atoms with van der Waals surface area (Å²) in [6.07, 6.45) is 11.5. The summed E-state index contributed by atoms with van der Waals surface area (Å²) in [5, 5.41) is 0. The number of allylic oxidation sites excluding steroid dienone is 6. The fourth-order valence-electron chi connectivity index (χ4n) is 3.06. The van der Waals surface area contributed by atoms with E-state index in [0.717, 1.165) is 6.42 Å². The molecular weight excluding hydrogens is 336 g/mol. The summed E-state index contributed by atoms with van der Waals surface area (Å²) >= 11 is 0. The van der Waals surface area contributed by atoms with E-state index in [1.54, 1.807) is 0 Å². The van der Waals surface area contributed by atoms with Crippen LogP contribution in [0, 0.1) is 18.8 Å². The van der Waals surface area contributed by atoms with Gasteiger partial charge in [-0.2, -0.15) is 0 Å². The Morgan fingerprint density at radius 2 is 1.36 bits per heavy atom. The van der Waals surface area contributed by atoms with Crippen molar-refractivity contribution in [2.24, 2.45) is 11.8 Å². The number of rotatable bonds is 8. The molecule has 0 nitrogen and oxygen atoms in total. The first-order valence-corrected chi connectivity index (χ1v) is 10.5. The predicted molar refractivity (Wildman–Crippen MR) is 126 cm³/mol. The van der Waals surface area contributed by atoms with Crippen LogP contribution in [0.5, 0.6) is 0 Å². The van der Waals surface area contributed by atoms with E-state index < -0.39 is 0 Å². The Bertz CT molecular complexity index is 809. The van der Waals surface area contributed by atoms with Crippen molar-refractivity contribution in [3.63, 3.8) is 0 Å². The summed E-state index contributed by atoms with van der Waals surface area (Å²) < 4.78 is 0. The van der Waals surface area contributed by atoms with Gasteiger partial charge in [0.05, 0.1) is 0 Å². The topological polar surface area (TPSA) is 0 Å². The highest BCUT2D eigenvalue weighted by Gasteiger charge is 2.03. The van der Waals surface area contributed by atoms with Gasteiger partial charge in [0.15, 0.2) is 0 Å². The Kier molecular flexibility index (Phi) is 8.51. The molecule has 28 heavy (non-hydrogen) atoms. The summed E-state index contributed by atoms with van der Waals surface area (Å²) in [5.41, 5.74) is 8.07. The normalized spacial score (nSPS) is 14.1. The third-order valence-corrected chi connectivity index (χ3v) is 5.35. The Hall–Kier alpha value is -2.34. The smallest absolute Gasteiger partial charge is 0.00512 e. The molecule has 0 amide bonds. The minimum absolute atomic E-state index is 0.492. The molecule has 0 saturated heterocycles. The lowest BCUT2D eigenvalue weighted by atomic mass is 9.95. The summed E-state index contributed by atoms with van der Waals surface area (Å²) in [6, 6.07) is 17.8. The van der Waals surface area contributed by atoms with Crippen molar-refractivity contribution in [2.45, 2.75) is 54.4 Å². The van der Waals surface area contributed by atoms with Gasteiger partial charge in [-0.15, -0.1) is 0 Å². The molecule has 0 saturated carbocycles. The van der Waals surface area contributed by atoms with E-state index in [9.17, 15) is 0 Å². The first-order chi connectivity index (χ1) is 13.3. The van der Waals surface area contributed by atoms with E-state index in [2.05, 4.69) is 114 Å². The van der Waals surface area contributed by atoms with Crippen molar-refractivity contribution in [1.82, 2.24) is 0 Å². The van der Waals surface area contributed by atoms with Crippen LogP contribution < -0.4 is 0 Å². The van der Waals surface area contributed by atoms with Crippen LogP contribution in [0.1, 0.15) is 52.2 Å². The van der Waals surface area contributed by atoms with Crippen molar-refractivity contribution in [2.75, 3.05) is 0 Å². The molecule has 0 aromatic heterocycles. The summed E-state index contributed by atoms with van der Waals surface area (Å²) in [6.45, 7) is 13.2. The lowest BCUT2D eigenvalue weighted by Crippen LogP contribution is -1.97. The molecule has 148 valence electrons. The zero-order valence-electron chi connectivity index (χ0n) is 18.5. The van der Waals surface area contributed by atoms with Crippen molar-refractivity contribution in [1.29, 1.82) is 0 Å². The molecule has 0 aliphatic heterocycles. The fourth-order valence-corrected chi connectivity index (χ4v) is 3.06. The van der Waals surface area contributed by atoms with Gasteiger partial charge in [0.2, 0.25) is 0 Å². The van der Waals surface area contributed by atoms with E-state index >= 15 is 0 Å². The Labute approximate surface area is 172 Å². The molecule has 2 aromatic rings. The molecule has 0 aliphatic carbocycles. The highest BCUT2D eigenvalue weighted by Crippen LogP contribution is 2.22. The van der Waals surface area contributed by atoms with Gasteiger partial charge in [0.1, 0.15) is 0 Å². The molecule has 2 aromatic carbocycles. The van der Waals surface area contributed by atoms with Gasteiger partial charge in [-0.1, -0.05) is 103 Å². The van der Waals surface area contributed by atoms with Crippen molar-refractivity contribution in [3.05, 3.63) is 95.1 Å². The second-order valence-corrected chi connectivity index (χ2v) is 8.41. The van der Waals surface area contributed by atoms with E-state index in [0.29, 0.717) is 11.8 Å². The third-order valence-electron chi connectivity index (χ3n) is 5.35. The molecule has 0 bridgehead atoms. The van der Waals surface area contributed by atoms with Crippen LogP contribution in [0.15, 0.2) is 84.0 Å². The summed E-state index contributed by atoms with van der Waals surface area (Å²) in [5.74, 6) is 1.09. The Balaban J connectivity index is 1.87. The molecule has 0 N–H and O–H groups in total. The van der Waals surface area contributed by atoms with Crippen molar-refractivity contribution < 1.29 is 0 Å². The molecular formula is C28H36. The van der Waals surface area contributed by atoms with Crippen molar-refractivity contribution in [3.8, 4) is 11.1 Å². The van der Waals surface area contributed by atoms with Gasteiger partial charge >= 0.3 is 0 Å². The highest BCUT2D eigenvalue weighted by molar-refractivity contribution is 5.63. The largest absolute Gasteiger partial charge is 0.0851 e. The maximum atomic E-state index is 2.38. The SMILES string of the molecule is CC(C)=C/C=C(\C)C(C)/C=C\C(C)CCc1ccc(-c2ccc(C)cc2)cc1. The van der Waals surface area contributed by atoms with E-state index in [1.807, 2.05) is 0 Å². The van der Waals surface area contributed by atoms with Crippen LogP contribution >= 0.6 is 0 Å². The van der Waals surface area contributed by atoms with Gasteiger partial charge in [-0.25, -0.2) is 0 Å². The second-order valence-electron chi connectivity index (χ2n) is 8.41. The van der Waals surface area contributed by atoms with Crippen LogP contribution in [0.2, 0.25) is 0 Å². The standard InChI is InChI=1S/C28H36/c1-21(2)7-12-24(5)25(6)13-8-22(3)9-14-26-15-19-28(20-16-26)27-17-10-23(4)11-18-27/h7-8,10-13,15-20,22,25H,9,14H2,1-6H3/b13-8-,24-12+. The van der Waals surface area contributed by atoms with Gasteiger partial charge in [-0.3, -0.25) is 0 Å². The average Bonchev–Trinajstić information content (AvgIpc) is 2.69. The average molecular weight is 373 g/mol. The first kappa shape index (κ1) is 22.0. The molecule has 0 heterocycles. The van der Waals surface area contributed by atoms with E-state index in [1.165, 1.54) is 39.8 Å². The van der Waals surface area contributed by atoms with Gasteiger partial charge in [0.25, 0.3) is 0 Å². The highest BCUT2D eigenvalue weighted by atomic mass is 14.1. The van der Waals surface area contributed by atoms with E-state index in [4.69, 9.17) is 0 Å². The molecule has 2 atom stereocenters. The monoisotopic (exact) mass is 372 g/mol. The van der Waals surface area contributed by atoms with Crippen LogP contribution in [0.3, 0.4) is 0 Å². The lowest BCUT2D eigenvalue weighted by Gasteiger charge is -2.10. The maximum absolute atomic E-state index is 2.38. The molecule has 0 spiro atoms. The molecule has 2 unspecified atom stereocenters. The third kappa shape index (κ3) is 7.35. The molecule has 0 aliphatic rings. The van der Waals surface area contributed by atoms with Crippen LogP contribution in [0.4, 0.5) is 0 Å². The minimum atomic E-state index is 0.492. The van der Waals surface area contributed by atoms with Crippen LogP contribution in [-0.4, -0.2) is 0 Å². The number of hydrogen-bond donors (Lipinski definition) is 0. The first-order valence-electron chi connectivity index (χ1n) is 10.5. The second kappa shape index (κ2) is 10.9. The lowest BCUT2D eigenvalue weighted by molar-refractivity contribution is 0.642. The maximum Gasteiger partial charge on any atom is -0.00512 e. The van der Waals surface area contributed by atoms with Gasteiger partial charge in [-0.05, 0) is 69.1 Å². The zero-order valence-corrected chi connectivity index (χ0v) is 18.5. The summed E-state index contributed by atoms with van der Waals surface area (Å²) in [4.78, 5) is 0. The number of benzene rings is 2. The zero-order chi connectivity index (χ0) is 20.5. The molecule has 0 radical (unpaired) electrons. The Morgan fingerprint density at radius 3 is 1.93 bits per heavy atom. The van der Waals surface area contributed by atoms with Gasteiger partial charge in [0, 0.05) is 0 Å². The molecule has 0 fully saturated rings. The van der Waals surface area contributed by atoms with Crippen LogP contribution in [0.25, 0.3) is 11.1 Å². The fraction of sp³-hybridized carbons (Fsp3) is 0.357. The van der Waals surface area contributed by atoms with Crippen molar-refractivity contribution >= 4 is 0 Å². The summed E-state index contributed by atoms with van der Waals surface area (Å²) in [7, 11) is 0.